The van der Waals surface area contributed by atoms with Gasteiger partial charge in [0.05, 0.1) is 44.6 Å². The number of phosphoric ester groups is 1. The van der Waals surface area contributed by atoms with E-state index in [1.54, 1.807) is 24.3 Å². The Labute approximate surface area is 335 Å². The Balaban J connectivity index is 2.57. The number of allylic oxidation sites excluding steroid dienone is 5. The lowest BCUT2D eigenvalue weighted by Gasteiger charge is -2.20. The molecule has 1 aliphatic rings. The Morgan fingerprint density at radius 1 is 0.768 bits per heavy atom. The number of carbonyl (C=O) groups is 2. The first-order chi connectivity index (χ1) is 26.9. The molecule has 0 saturated heterocycles. The molecular formula is C42H73O13P. The molecular weight excluding hydrogens is 743 g/mol. The molecule has 8 atom stereocenters. The van der Waals surface area contributed by atoms with Gasteiger partial charge in [-0.25, -0.2) is 4.57 Å². The maximum Gasteiger partial charge on any atom is 0.472 e. The van der Waals surface area contributed by atoms with E-state index in [1.165, 1.54) is 25.7 Å². The van der Waals surface area contributed by atoms with Gasteiger partial charge in [0.1, 0.15) is 12.7 Å². The summed E-state index contributed by atoms with van der Waals surface area (Å²) in [5, 5.41) is 49.7. The molecule has 0 aromatic carbocycles. The number of aliphatic hydroxyl groups excluding tert-OH is 5. The van der Waals surface area contributed by atoms with Gasteiger partial charge in [-0.15, -0.1) is 0 Å². The SMILES string of the molecule is CCCCCC/C=C\C=C/CCCCCCCC(=O)OC[C@H](COP(=O)(O)OC[C@@H](O)CO)OC(=O)C/C=C\C[C@H]1[C@@H](/C=C/[C@H](O)CCCCC)[C@H](O)C[C@@H]1O. The quantitative estimate of drug-likeness (QED) is 0.0128. The zero-order valence-corrected chi connectivity index (χ0v) is 34.8. The number of rotatable bonds is 34. The first kappa shape index (κ1) is 51.8. The summed E-state index contributed by atoms with van der Waals surface area (Å²) in [6.45, 7) is 1.84. The van der Waals surface area contributed by atoms with E-state index in [-0.39, 0.29) is 31.1 Å². The van der Waals surface area contributed by atoms with Crippen molar-refractivity contribution in [3.63, 3.8) is 0 Å². The normalized spacial score (nSPS) is 21.6. The number of aliphatic hydroxyl groups is 5. The van der Waals surface area contributed by atoms with Crippen LogP contribution in [0, 0.1) is 11.8 Å². The summed E-state index contributed by atoms with van der Waals surface area (Å²) in [6, 6.07) is 0. The Kier molecular flexibility index (Phi) is 30.3. The summed E-state index contributed by atoms with van der Waals surface area (Å²) in [6.07, 6.45) is 26.3. The molecule has 6 N–H and O–H groups in total. The standard InChI is InChI=1S/C42H73O13P/c1-3-5-7-8-9-10-11-12-13-14-15-16-17-18-20-25-41(48)52-32-36(33-54-56(50,51)53-31-35(45)30-43)55-42(49)26-22-21-24-37-38(40(47)29-39(37)46)28-27-34(44)23-19-6-4-2/h10-13,21-22,27-28,34-40,43-47H,3-9,14-20,23-26,29-33H2,1-2H3,(H,50,51)/b11-10-,13-12-,22-21-,28-27+/t34-,35+,36-,37+,38-,39+,40-/m1/s1. The van der Waals surface area contributed by atoms with E-state index in [0.717, 1.165) is 57.8 Å². The highest BCUT2D eigenvalue weighted by molar-refractivity contribution is 7.47. The molecule has 0 spiro atoms. The molecule has 0 bridgehead atoms. The molecule has 1 aliphatic carbocycles. The number of hydrogen-bond acceptors (Lipinski definition) is 12. The van der Waals surface area contributed by atoms with E-state index >= 15 is 0 Å². The number of phosphoric acid groups is 1. The first-order valence-electron chi connectivity index (χ1n) is 20.9. The molecule has 0 amide bonds. The van der Waals surface area contributed by atoms with Gasteiger partial charge in [-0.3, -0.25) is 18.6 Å². The van der Waals surface area contributed by atoms with Gasteiger partial charge in [0.25, 0.3) is 0 Å². The Hall–Kier alpha value is -2.19. The van der Waals surface area contributed by atoms with Gasteiger partial charge in [0.2, 0.25) is 0 Å². The van der Waals surface area contributed by atoms with Gasteiger partial charge < -0.3 is 39.9 Å². The predicted molar refractivity (Wildman–Crippen MR) is 216 cm³/mol. The van der Waals surface area contributed by atoms with Crippen LogP contribution in [0.25, 0.3) is 0 Å². The zero-order chi connectivity index (χ0) is 41.4. The summed E-state index contributed by atoms with van der Waals surface area (Å²) in [5.74, 6) is -1.93. The van der Waals surface area contributed by atoms with Crippen LogP contribution in [0.15, 0.2) is 48.6 Å². The second-order valence-corrected chi connectivity index (χ2v) is 16.1. The fourth-order valence-corrected chi connectivity index (χ4v) is 7.04. The molecule has 0 heterocycles. The highest BCUT2D eigenvalue weighted by Crippen LogP contribution is 2.43. The molecule has 14 heteroatoms. The third-order valence-corrected chi connectivity index (χ3v) is 10.5. The average Bonchev–Trinajstić information content (AvgIpc) is 3.44. The summed E-state index contributed by atoms with van der Waals surface area (Å²) in [4.78, 5) is 35.2. The third-order valence-electron chi connectivity index (χ3n) is 9.59. The van der Waals surface area contributed by atoms with Crippen LogP contribution < -0.4 is 0 Å². The van der Waals surface area contributed by atoms with Gasteiger partial charge in [-0.1, -0.05) is 120 Å². The van der Waals surface area contributed by atoms with Crippen molar-refractivity contribution in [2.45, 2.75) is 166 Å². The van der Waals surface area contributed by atoms with Crippen LogP contribution in [0.1, 0.15) is 136 Å². The molecule has 0 radical (unpaired) electrons. The number of carbonyl (C=O) groups excluding carboxylic acids is 2. The highest BCUT2D eigenvalue weighted by atomic mass is 31.2. The minimum atomic E-state index is -4.72. The van der Waals surface area contributed by atoms with Gasteiger partial charge in [-0.05, 0) is 50.9 Å². The smallest absolute Gasteiger partial charge is 0.462 e. The van der Waals surface area contributed by atoms with E-state index in [4.69, 9.17) is 19.1 Å². The molecule has 1 fully saturated rings. The second kappa shape index (κ2) is 32.7. The van der Waals surface area contributed by atoms with E-state index in [1.807, 2.05) is 0 Å². The van der Waals surface area contributed by atoms with Crippen molar-refractivity contribution in [3.8, 4) is 0 Å². The average molecular weight is 817 g/mol. The van der Waals surface area contributed by atoms with Crippen LogP contribution >= 0.6 is 7.82 Å². The van der Waals surface area contributed by atoms with Crippen molar-refractivity contribution in [2.75, 3.05) is 26.4 Å². The zero-order valence-electron chi connectivity index (χ0n) is 33.9. The molecule has 56 heavy (non-hydrogen) atoms. The largest absolute Gasteiger partial charge is 0.472 e. The van der Waals surface area contributed by atoms with Crippen LogP contribution in [0.5, 0.6) is 0 Å². The molecule has 0 aromatic rings. The van der Waals surface area contributed by atoms with Gasteiger partial charge >= 0.3 is 19.8 Å². The summed E-state index contributed by atoms with van der Waals surface area (Å²) >= 11 is 0. The molecule has 1 unspecified atom stereocenters. The number of unbranched alkanes of at least 4 members (excludes halogenated alkanes) is 11. The lowest BCUT2D eigenvalue weighted by atomic mass is 9.89. The van der Waals surface area contributed by atoms with Crippen molar-refractivity contribution in [2.24, 2.45) is 11.8 Å². The maximum atomic E-state index is 12.7. The third kappa shape index (κ3) is 26.7. The van der Waals surface area contributed by atoms with E-state index in [0.29, 0.717) is 19.3 Å². The number of ether oxygens (including phenoxy) is 2. The van der Waals surface area contributed by atoms with Crippen molar-refractivity contribution >= 4 is 19.8 Å². The van der Waals surface area contributed by atoms with E-state index in [2.05, 4.69) is 42.7 Å². The first-order valence-corrected chi connectivity index (χ1v) is 22.4. The minimum Gasteiger partial charge on any atom is -0.462 e. The number of hydrogen-bond donors (Lipinski definition) is 6. The topological polar surface area (TPSA) is 210 Å². The van der Waals surface area contributed by atoms with E-state index < -0.39 is 76.7 Å². The Morgan fingerprint density at radius 3 is 2.07 bits per heavy atom. The van der Waals surface area contributed by atoms with Gasteiger partial charge in [0, 0.05) is 18.8 Å². The van der Waals surface area contributed by atoms with Crippen molar-refractivity contribution < 1.29 is 63.1 Å². The minimum absolute atomic E-state index is 0.156. The lowest BCUT2D eigenvalue weighted by Crippen LogP contribution is -2.29. The molecule has 1 rings (SSSR count). The summed E-state index contributed by atoms with van der Waals surface area (Å²) in [5.41, 5.74) is 0. The van der Waals surface area contributed by atoms with Gasteiger partial charge in [-0.2, -0.15) is 0 Å². The van der Waals surface area contributed by atoms with Crippen molar-refractivity contribution in [3.05, 3.63) is 48.6 Å². The molecule has 324 valence electrons. The van der Waals surface area contributed by atoms with Gasteiger partial charge in [0.15, 0.2) is 6.10 Å². The lowest BCUT2D eigenvalue weighted by molar-refractivity contribution is -0.160. The summed E-state index contributed by atoms with van der Waals surface area (Å²) in [7, 11) is -4.72. The van der Waals surface area contributed by atoms with Crippen LogP contribution in [0.3, 0.4) is 0 Å². The fraction of sp³-hybridized carbons (Fsp3) is 0.762. The molecule has 1 saturated carbocycles. The monoisotopic (exact) mass is 816 g/mol. The molecule has 0 aliphatic heterocycles. The van der Waals surface area contributed by atoms with Crippen LogP contribution in [0.2, 0.25) is 0 Å². The fourth-order valence-electron chi connectivity index (χ4n) is 6.25. The molecule has 0 aromatic heterocycles. The van der Waals surface area contributed by atoms with Crippen LogP contribution in [-0.2, 0) is 32.7 Å². The highest BCUT2D eigenvalue weighted by Gasteiger charge is 2.39. The molecule has 13 nitrogen and oxygen atoms in total. The van der Waals surface area contributed by atoms with Crippen LogP contribution in [0.4, 0.5) is 0 Å². The Morgan fingerprint density at radius 2 is 1.39 bits per heavy atom. The number of esters is 2. The predicted octanol–water partition coefficient (Wildman–Crippen LogP) is 6.93. The summed E-state index contributed by atoms with van der Waals surface area (Å²) < 4.78 is 32.6. The maximum absolute atomic E-state index is 12.7. The van der Waals surface area contributed by atoms with E-state index in [9.17, 15) is 39.5 Å². The van der Waals surface area contributed by atoms with Crippen LogP contribution in [-0.4, -0.2) is 99.3 Å². The van der Waals surface area contributed by atoms with Crippen molar-refractivity contribution in [1.82, 2.24) is 0 Å². The van der Waals surface area contributed by atoms with Crippen molar-refractivity contribution in [1.29, 1.82) is 0 Å². The Bertz CT molecular complexity index is 1190. The second-order valence-electron chi connectivity index (χ2n) is 14.7.